The molecule has 2 aromatic heterocycles. The van der Waals surface area contributed by atoms with Crippen LogP contribution in [0.1, 0.15) is 0 Å². The van der Waals surface area contributed by atoms with E-state index in [1.54, 1.807) is 18.6 Å². The van der Waals surface area contributed by atoms with Crippen molar-refractivity contribution in [1.82, 2.24) is 20.2 Å². The maximum atomic E-state index is 4.26. The predicted octanol–water partition coefficient (Wildman–Crippen LogP) is 2.78. The summed E-state index contributed by atoms with van der Waals surface area (Å²) in [7, 11) is 0. The van der Waals surface area contributed by atoms with Crippen molar-refractivity contribution in [2.24, 2.45) is 0 Å². The molecule has 3 aromatic rings. The molecule has 0 aliphatic carbocycles. The quantitative estimate of drug-likeness (QED) is 0.743. The molecule has 0 aliphatic rings. The fourth-order valence-electron chi connectivity index (χ4n) is 1.61. The zero-order valence-corrected chi connectivity index (χ0v) is 9.77. The van der Waals surface area contributed by atoms with Gasteiger partial charge in [-0.25, -0.2) is 0 Å². The highest BCUT2D eigenvalue weighted by Crippen LogP contribution is 2.26. The summed E-state index contributed by atoms with van der Waals surface area (Å²) >= 11 is 3.42. The van der Waals surface area contributed by atoms with Crippen molar-refractivity contribution in [3.05, 3.63) is 41.3 Å². The first-order valence-electron chi connectivity index (χ1n) is 4.74. The van der Waals surface area contributed by atoms with Crippen LogP contribution >= 0.6 is 15.9 Å². The highest BCUT2D eigenvalue weighted by molar-refractivity contribution is 9.10. The van der Waals surface area contributed by atoms with Gasteiger partial charge in [0.05, 0.1) is 11.7 Å². The smallest absolute Gasteiger partial charge is 0.120 e. The monoisotopic (exact) mass is 274 g/mol. The summed E-state index contributed by atoms with van der Waals surface area (Å²) < 4.78 is 1.02. The lowest BCUT2D eigenvalue weighted by Crippen LogP contribution is -1.84. The molecule has 0 unspecified atom stereocenters. The molecule has 0 fully saturated rings. The van der Waals surface area contributed by atoms with Gasteiger partial charge in [0, 0.05) is 22.3 Å². The molecule has 3 rings (SSSR count). The molecule has 0 saturated carbocycles. The number of H-pyrrole nitrogens is 1. The zero-order valence-electron chi connectivity index (χ0n) is 8.18. The second kappa shape index (κ2) is 3.68. The Hall–Kier alpha value is -1.75. The van der Waals surface area contributed by atoms with Gasteiger partial charge in [0.2, 0.25) is 0 Å². The number of benzene rings is 1. The van der Waals surface area contributed by atoms with Gasteiger partial charge < -0.3 is 0 Å². The second-order valence-corrected chi connectivity index (χ2v) is 4.27. The molecule has 1 aromatic carbocycles. The molecular weight excluding hydrogens is 268 g/mol. The van der Waals surface area contributed by atoms with Gasteiger partial charge in [-0.15, -0.1) is 0 Å². The number of fused-ring (bicyclic) bond motifs is 1. The molecule has 0 aliphatic heterocycles. The van der Waals surface area contributed by atoms with E-state index in [-0.39, 0.29) is 0 Å². The van der Waals surface area contributed by atoms with Crippen LogP contribution in [-0.4, -0.2) is 20.2 Å². The predicted molar refractivity (Wildman–Crippen MR) is 64.8 cm³/mol. The molecule has 16 heavy (non-hydrogen) atoms. The van der Waals surface area contributed by atoms with Gasteiger partial charge >= 0.3 is 0 Å². The standard InChI is InChI=1S/C11H7BrN4/c12-7-1-2-8-9(5-7)15-16-11(8)10-6-13-3-4-14-10/h1-6H,(H,15,16). The SMILES string of the molecule is Brc1ccc2c(-c3cnccn3)n[nH]c2c1. The van der Waals surface area contributed by atoms with Crippen molar-refractivity contribution >= 4 is 26.8 Å². The minimum atomic E-state index is 0.774. The number of hydrogen-bond acceptors (Lipinski definition) is 3. The highest BCUT2D eigenvalue weighted by Gasteiger charge is 2.08. The maximum Gasteiger partial charge on any atom is 0.120 e. The third-order valence-corrected chi connectivity index (χ3v) is 2.82. The maximum absolute atomic E-state index is 4.26. The Morgan fingerprint density at radius 2 is 2.12 bits per heavy atom. The van der Waals surface area contributed by atoms with Crippen molar-refractivity contribution in [1.29, 1.82) is 0 Å². The molecule has 2 heterocycles. The third-order valence-electron chi connectivity index (χ3n) is 2.33. The number of nitrogens with zero attached hydrogens (tertiary/aromatic N) is 3. The lowest BCUT2D eigenvalue weighted by molar-refractivity contribution is 1.10. The minimum absolute atomic E-state index is 0.774. The van der Waals surface area contributed by atoms with Crippen LogP contribution in [0, 0.1) is 0 Å². The summed E-state index contributed by atoms with van der Waals surface area (Å²) in [6, 6.07) is 5.98. The van der Waals surface area contributed by atoms with E-state index in [1.807, 2.05) is 18.2 Å². The normalized spacial score (nSPS) is 10.8. The molecule has 4 nitrogen and oxygen atoms in total. The molecule has 0 amide bonds. The Balaban J connectivity index is 2.26. The van der Waals surface area contributed by atoms with Gasteiger partial charge in [-0.05, 0) is 18.2 Å². The van der Waals surface area contributed by atoms with Crippen molar-refractivity contribution in [3.63, 3.8) is 0 Å². The van der Waals surface area contributed by atoms with Crippen molar-refractivity contribution in [3.8, 4) is 11.4 Å². The van der Waals surface area contributed by atoms with Crippen LogP contribution in [0.5, 0.6) is 0 Å². The second-order valence-electron chi connectivity index (χ2n) is 3.35. The zero-order chi connectivity index (χ0) is 11.0. The molecule has 0 spiro atoms. The van der Waals surface area contributed by atoms with E-state index >= 15 is 0 Å². The first-order valence-corrected chi connectivity index (χ1v) is 5.54. The van der Waals surface area contributed by atoms with Crippen LogP contribution in [0.3, 0.4) is 0 Å². The number of hydrogen-bond donors (Lipinski definition) is 1. The summed E-state index contributed by atoms with van der Waals surface area (Å²) in [5.74, 6) is 0. The Kier molecular flexibility index (Phi) is 2.18. The van der Waals surface area contributed by atoms with Crippen molar-refractivity contribution in [2.45, 2.75) is 0 Å². The van der Waals surface area contributed by atoms with Crippen LogP contribution in [0.2, 0.25) is 0 Å². The summed E-state index contributed by atoms with van der Waals surface area (Å²) in [5.41, 5.74) is 2.58. The first-order chi connectivity index (χ1) is 7.84. The van der Waals surface area contributed by atoms with Crippen LogP contribution in [0.15, 0.2) is 41.3 Å². The van der Waals surface area contributed by atoms with Crippen LogP contribution in [0.25, 0.3) is 22.3 Å². The molecule has 5 heteroatoms. The van der Waals surface area contributed by atoms with Crippen LogP contribution in [0.4, 0.5) is 0 Å². The van der Waals surface area contributed by atoms with E-state index in [0.29, 0.717) is 0 Å². The summed E-state index contributed by atoms with van der Waals surface area (Å²) in [6.07, 6.45) is 5.02. The number of aromatic amines is 1. The average molecular weight is 275 g/mol. The van der Waals surface area contributed by atoms with E-state index in [4.69, 9.17) is 0 Å². The minimum Gasteiger partial charge on any atom is -0.277 e. The molecule has 1 N–H and O–H groups in total. The lowest BCUT2D eigenvalue weighted by atomic mass is 10.2. The molecule has 78 valence electrons. The lowest BCUT2D eigenvalue weighted by Gasteiger charge is -1.95. The Bertz CT molecular complexity index is 633. The van der Waals surface area contributed by atoms with E-state index in [2.05, 4.69) is 36.1 Å². The van der Waals surface area contributed by atoms with Crippen molar-refractivity contribution < 1.29 is 0 Å². The van der Waals surface area contributed by atoms with Crippen LogP contribution < -0.4 is 0 Å². The summed E-state index contributed by atoms with van der Waals surface area (Å²) in [4.78, 5) is 8.28. The molecule has 0 atom stereocenters. The van der Waals surface area contributed by atoms with E-state index in [1.165, 1.54) is 0 Å². The summed E-state index contributed by atoms with van der Waals surface area (Å²) in [6.45, 7) is 0. The van der Waals surface area contributed by atoms with E-state index in [9.17, 15) is 0 Å². The first kappa shape index (κ1) is 9.47. The average Bonchev–Trinajstić information content (AvgIpc) is 2.73. The van der Waals surface area contributed by atoms with Gasteiger partial charge in [0.15, 0.2) is 0 Å². The van der Waals surface area contributed by atoms with E-state index in [0.717, 1.165) is 26.8 Å². The van der Waals surface area contributed by atoms with Crippen molar-refractivity contribution in [2.75, 3.05) is 0 Å². The Morgan fingerprint density at radius 1 is 1.19 bits per heavy atom. The molecular formula is C11H7BrN4. The molecule has 0 radical (unpaired) electrons. The highest BCUT2D eigenvalue weighted by atomic mass is 79.9. The van der Waals surface area contributed by atoms with E-state index < -0.39 is 0 Å². The van der Waals surface area contributed by atoms with Gasteiger partial charge in [0.1, 0.15) is 11.4 Å². The summed E-state index contributed by atoms with van der Waals surface area (Å²) in [5, 5.41) is 8.28. The fraction of sp³-hybridized carbons (Fsp3) is 0. The fourth-order valence-corrected chi connectivity index (χ4v) is 1.97. The third kappa shape index (κ3) is 1.49. The van der Waals surface area contributed by atoms with Gasteiger partial charge in [-0.1, -0.05) is 15.9 Å². The van der Waals surface area contributed by atoms with Gasteiger partial charge in [-0.2, -0.15) is 5.10 Å². The number of halogens is 1. The van der Waals surface area contributed by atoms with Gasteiger partial charge in [-0.3, -0.25) is 15.1 Å². The Morgan fingerprint density at radius 3 is 2.94 bits per heavy atom. The number of aromatic nitrogens is 4. The largest absolute Gasteiger partial charge is 0.277 e. The number of rotatable bonds is 1. The number of nitrogens with one attached hydrogen (secondary N) is 1. The van der Waals surface area contributed by atoms with Crippen LogP contribution in [-0.2, 0) is 0 Å². The Labute approximate surface area is 99.9 Å². The van der Waals surface area contributed by atoms with Gasteiger partial charge in [0.25, 0.3) is 0 Å². The topological polar surface area (TPSA) is 54.5 Å². The molecule has 0 saturated heterocycles. The molecule has 0 bridgehead atoms.